The van der Waals surface area contributed by atoms with E-state index in [9.17, 15) is 19.5 Å². The molecule has 0 saturated carbocycles. The molecule has 13 heteroatoms. The molecular formula is C43H41N5O8. The van der Waals surface area contributed by atoms with Gasteiger partial charge in [0, 0.05) is 68.1 Å². The smallest absolute Gasteiger partial charge is 0.335 e. The minimum Gasteiger partial charge on any atom is -0.493 e. The molecule has 3 heterocycles. The fraction of sp³-hybridized carbons (Fsp3) is 0.233. The average Bonchev–Trinajstić information content (AvgIpc) is 3.79. The number of carboxylic acids is 1. The van der Waals surface area contributed by atoms with Crippen LogP contribution in [0, 0.1) is 0 Å². The van der Waals surface area contributed by atoms with Crippen LogP contribution in [-0.2, 0) is 0 Å². The number of amides is 1. The SMILES string of the molecule is COc1cc2c(cc1OCCCOc1cc(/N=C\C3CC(c4ccc(N)cc4)=CN3C)c(C=O)cc1OC)N=CC1CC(c3ccc(C(=O)O)cc3)=CN1C2=O. The van der Waals surface area contributed by atoms with Gasteiger partial charge in [0.15, 0.2) is 29.3 Å². The number of carboxylic acid groups (broad SMARTS) is 1. The molecule has 286 valence electrons. The standard InChI is InChI=1S/C43H41N5O8/c1-47-23-29(27-9-11-32(44)12-10-27)15-33(47)21-45-36-19-40(38(53-2)17-31(36)25-49)55-13-4-14-56-41-20-37-35(18-39(41)54-3)42(50)48-24-30(16-34(48)22-46-37)26-5-7-28(8-6-26)43(51)52/h5-12,17-25,33-34H,4,13-16,44H2,1-3H3,(H,51,52)/b45-21-. The Morgan fingerprint density at radius 2 is 1.54 bits per heavy atom. The van der Waals surface area contributed by atoms with Gasteiger partial charge in [-0.15, -0.1) is 0 Å². The van der Waals surface area contributed by atoms with Crippen molar-refractivity contribution in [2.45, 2.75) is 31.3 Å². The van der Waals surface area contributed by atoms with E-state index < -0.39 is 5.97 Å². The second kappa shape index (κ2) is 16.2. The van der Waals surface area contributed by atoms with Crippen LogP contribution in [0.3, 0.4) is 0 Å². The predicted molar refractivity (Wildman–Crippen MR) is 214 cm³/mol. The van der Waals surface area contributed by atoms with Crippen LogP contribution >= 0.6 is 0 Å². The Kier molecular flexibility index (Phi) is 10.8. The van der Waals surface area contributed by atoms with Crippen LogP contribution in [-0.4, -0.2) is 92.1 Å². The summed E-state index contributed by atoms with van der Waals surface area (Å²) in [5.74, 6) is 0.443. The maximum absolute atomic E-state index is 13.7. The van der Waals surface area contributed by atoms with Crippen molar-refractivity contribution in [3.05, 3.63) is 113 Å². The van der Waals surface area contributed by atoms with Crippen LogP contribution in [0.2, 0.25) is 0 Å². The average molecular weight is 756 g/mol. The number of methoxy groups -OCH3 is 2. The lowest BCUT2D eigenvalue weighted by Crippen LogP contribution is -2.32. The molecule has 0 saturated heterocycles. The Morgan fingerprint density at radius 1 is 0.893 bits per heavy atom. The molecular weight excluding hydrogens is 714 g/mol. The first-order valence-electron chi connectivity index (χ1n) is 18.0. The summed E-state index contributed by atoms with van der Waals surface area (Å²) in [5.41, 5.74) is 12.5. The largest absolute Gasteiger partial charge is 0.493 e. The molecule has 0 aromatic heterocycles. The van der Waals surface area contributed by atoms with Gasteiger partial charge in [-0.2, -0.15) is 0 Å². The molecule has 0 radical (unpaired) electrons. The van der Waals surface area contributed by atoms with Crippen LogP contribution in [0.15, 0.2) is 95.2 Å². The summed E-state index contributed by atoms with van der Waals surface area (Å²) in [6.45, 7) is 0.542. The Bertz CT molecular complexity index is 2280. The van der Waals surface area contributed by atoms with Crippen LogP contribution in [0.25, 0.3) is 11.1 Å². The summed E-state index contributed by atoms with van der Waals surface area (Å²) >= 11 is 0. The molecule has 0 bridgehead atoms. The van der Waals surface area contributed by atoms with Crippen LogP contribution in [0.4, 0.5) is 17.1 Å². The van der Waals surface area contributed by atoms with E-state index in [0.717, 1.165) is 29.4 Å². The molecule has 4 aromatic carbocycles. The molecule has 56 heavy (non-hydrogen) atoms. The minimum atomic E-state index is -0.995. The van der Waals surface area contributed by atoms with Gasteiger partial charge in [0.05, 0.1) is 62.0 Å². The lowest BCUT2D eigenvalue weighted by Gasteiger charge is -2.19. The topological polar surface area (TPSA) is 166 Å². The van der Waals surface area contributed by atoms with E-state index in [-0.39, 0.29) is 36.8 Å². The second-order valence-electron chi connectivity index (χ2n) is 13.5. The minimum absolute atomic E-state index is 0.00174. The number of hydrogen-bond donors (Lipinski definition) is 2. The quantitative estimate of drug-likeness (QED) is 0.0589. The van der Waals surface area contributed by atoms with Gasteiger partial charge in [0.2, 0.25) is 0 Å². The third kappa shape index (κ3) is 7.83. The highest BCUT2D eigenvalue weighted by molar-refractivity contribution is 6.05. The number of anilines is 1. The molecule has 13 nitrogen and oxygen atoms in total. The number of carbonyl (C=O) groups is 3. The van der Waals surface area contributed by atoms with Gasteiger partial charge in [-0.25, -0.2) is 4.79 Å². The Hall–Kier alpha value is -6.89. The summed E-state index contributed by atoms with van der Waals surface area (Å²) in [7, 11) is 5.01. The first kappa shape index (κ1) is 37.4. The number of aldehydes is 1. The van der Waals surface area contributed by atoms with Gasteiger partial charge in [-0.1, -0.05) is 24.3 Å². The number of benzene rings is 4. The van der Waals surface area contributed by atoms with Crippen LogP contribution in [0.5, 0.6) is 23.0 Å². The maximum Gasteiger partial charge on any atom is 0.335 e. The zero-order valence-electron chi connectivity index (χ0n) is 31.2. The monoisotopic (exact) mass is 755 g/mol. The number of nitrogens with two attached hydrogens (primary N) is 1. The van der Waals surface area contributed by atoms with Gasteiger partial charge in [-0.3, -0.25) is 19.6 Å². The van der Waals surface area contributed by atoms with Crippen molar-refractivity contribution in [1.29, 1.82) is 0 Å². The molecule has 0 spiro atoms. The predicted octanol–water partition coefficient (Wildman–Crippen LogP) is 7.06. The Labute approximate surface area is 324 Å². The first-order valence-corrected chi connectivity index (χ1v) is 18.0. The Balaban J connectivity index is 0.977. The van der Waals surface area contributed by atoms with Crippen LogP contribution in [0.1, 0.15) is 61.5 Å². The lowest BCUT2D eigenvalue weighted by atomic mass is 10.0. The lowest BCUT2D eigenvalue weighted by molar-refractivity contribution is 0.0696. The van der Waals surface area contributed by atoms with Gasteiger partial charge < -0.3 is 39.6 Å². The number of nitrogen functional groups attached to an aromatic ring is 1. The molecule has 0 aliphatic carbocycles. The van der Waals surface area contributed by atoms with E-state index in [2.05, 4.69) is 16.1 Å². The molecule has 7 rings (SSSR count). The number of fused-ring (bicyclic) bond motifs is 2. The summed E-state index contributed by atoms with van der Waals surface area (Å²) in [6, 6.07) is 20.7. The van der Waals surface area contributed by atoms with Crippen molar-refractivity contribution in [2.75, 3.05) is 40.2 Å². The van der Waals surface area contributed by atoms with Crippen molar-refractivity contribution in [2.24, 2.45) is 9.98 Å². The number of ether oxygens (including phenoxy) is 4. The van der Waals surface area contributed by atoms with Gasteiger partial charge in [0.1, 0.15) is 0 Å². The summed E-state index contributed by atoms with van der Waals surface area (Å²) in [4.78, 5) is 50.1. The van der Waals surface area contributed by atoms with Gasteiger partial charge in [-0.05, 0) is 65.1 Å². The van der Waals surface area contributed by atoms with Crippen molar-refractivity contribution in [1.82, 2.24) is 9.80 Å². The Morgan fingerprint density at radius 3 is 2.20 bits per heavy atom. The number of nitrogens with zero attached hydrogens (tertiary/aromatic N) is 4. The van der Waals surface area contributed by atoms with Gasteiger partial charge >= 0.3 is 5.97 Å². The highest BCUT2D eigenvalue weighted by atomic mass is 16.5. The number of aromatic carboxylic acids is 1. The number of aliphatic imine (C=N–C) groups is 2. The second-order valence-corrected chi connectivity index (χ2v) is 13.5. The van der Waals surface area contributed by atoms with E-state index in [0.29, 0.717) is 64.0 Å². The highest BCUT2D eigenvalue weighted by Gasteiger charge is 2.33. The molecule has 3 aliphatic rings. The third-order valence-electron chi connectivity index (χ3n) is 9.94. The van der Waals surface area contributed by atoms with E-state index >= 15 is 0 Å². The molecule has 1 amide bonds. The zero-order valence-corrected chi connectivity index (χ0v) is 31.2. The van der Waals surface area contributed by atoms with E-state index in [1.807, 2.05) is 37.5 Å². The molecule has 3 aliphatic heterocycles. The molecule has 2 atom stereocenters. The molecule has 2 unspecified atom stereocenters. The fourth-order valence-electron chi connectivity index (χ4n) is 6.84. The summed E-state index contributed by atoms with van der Waals surface area (Å²) in [6.07, 6.45) is 9.98. The molecule has 4 aromatic rings. The number of carbonyl (C=O) groups excluding carboxylic acids is 2. The van der Waals surface area contributed by atoms with Crippen molar-refractivity contribution < 1.29 is 38.4 Å². The third-order valence-corrected chi connectivity index (χ3v) is 9.94. The normalized spacial score (nSPS) is 17.2. The zero-order chi connectivity index (χ0) is 39.3. The van der Waals surface area contributed by atoms with Crippen molar-refractivity contribution >= 4 is 58.8 Å². The van der Waals surface area contributed by atoms with Crippen molar-refractivity contribution in [3.63, 3.8) is 0 Å². The highest BCUT2D eigenvalue weighted by Crippen LogP contribution is 2.40. The first-order chi connectivity index (χ1) is 27.1. The van der Waals surface area contributed by atoms with E-state index in [1.54, 1.807) is 65.8 Å². The maximum atomic E-state index is 13.7. The van der Waals surface area contributed by atoms with E-state index in [4.69, 9.17) is 29.7 Å². The summed E-state index contributed by atoms with van der Waals surface area (Å²) < 4.78 is 23.3. The van der Waals surface area contributed by atoms with Crippen molar-refractivity contribution in [3.8, 4) is 23.0 Å². The van der Waals surface area contributed by atoms with Crippen LogP contribution < -0.4 is 24.7 Å². The fourth-order valence-corrected chi connectivity index (χ4v) is 6.84. The number of rotatable bonds is 14. The molecule has 0 fully saturated rings. The summed E-state index contributed by atoms with van der Waals surface area (Å²) in [5, 5.41) is 9.24. The molecule has 3 N–H and O–H groups in total. The van der Waals surface area contributed by atoms with Gasteiger partial charge in [0.25, 0.3) is 5.91 Å². The number of hydrogen-bond acceptors (Lipinski definition) is 11. The van der Waals surface area contributed by atoms with E-state index in [1.165, 1.54) is 19.8 Å².